The van der Waals surface area contributed by atoms with Crippen LogP contribution in [0.1, 0.15) is 22.8 Å². The van der Waals surface area contributed by atoms with E-state index in [9.17, 15) is 4.39 Å². The van der Waals surface area contributed by atoms with Gasteiger partial charge in [0.15, 0.2) is 0 Å². The third-order valence-corrected chi connectivity index (χ3v) is 2.81. The molecule has 1 aromatic carbocycles. The Bertz CT molecular complexity index is 512. The molecule has 17 heavy (non-hydrogen) atoms. The number of nitrogens with one attached hydrogen (secondary N) is 2. The maximum absolute atomic E-state index is 12.9. The Balaban J connectivity index is 2.07. The van der Waals surface area contributed by atoms with Crippen molar-refractivity contribution in [1.82, 2.24) is 9.97 Å². The summed E-state index contributed by atoms with van der Waals surface area (Å²) in [6, 6.07) is 4.71. The van der Waals surface area contributed by atoms with Crippen molar-refractivity contribution in [2.24, 2.45) is 0 Å². The molecule has 0 spiro atoms. The maximum atomic E-state index is 12.9. The SMILES string of the molecule is Cc1cc(F)ccc1NCc1nc(C)c(C)[nH]1. The van der Waals surface area contributed by atoms with Crippen LogP contribution in [0.15, 0.2) is 18.2 Å². The summed E-state index contributed by atoms with van der Waals surface area (Å²) in [6.45, 7) is 6.46. The maximum Gasteiger partial charge on any atom is 0.125 e. The lowest BCUT2D eigenvalue weighted by Gasteiger charge is -2.07. The fraction of sp³-hybridized carbons (Fsp3) is 0.308. The number of aromatic amines is 1. The van der Waals surface area contributed by atoms with E-state index in [1.807, 2.05) is 20.8 Å². The Morgan fingerprint density at radius 3 is 2.65 bits per heavy atom. The van der Waals surface area contributed by atoms with Crippen molar-refractivity contribution < 1.29 is 4.39 Å². The minimum Gasteiger partial charge on any atom is -0.378 e. The Labute approximate surface area is 100 Å². The molecule has 2 rings (SSSR count). The van der Waals surface area contributed by atoms with Gasteiger partial charge >= 0.3 is 0 Å². The topological polar surface area (TPSA) is 40.7 Å². The summed E-state index contributed by atoms with van der Waals surface area (Å²) < 4.78 is 12.9. The van der Waals surface area contributed by atoms with Gasteiger partial charge in [0.1, 0.15) is 11.6 Å². The fourth-order valence-corrected chi connectivity index (χ4v) is 1.71. The summed E-state index contributed by atoms with van der Waals surface area (Å²) in [5.41, 5.74) is 3.92. The highest BCUT2D eigenvalue weighted by atomic mass is 19.1. The van der Waals surface area contributed by atoms with Gasteiger partial charge in [-0.3, -0.25) is 0 Å². The normalized spacial score (nSPS) is 10.6. The zero-order chi connectivity index (χ0) is 12.4. The second kappa shape index (κ2) is 4.57. The molecule has 0 aliphatic heterocycles. The lowest BCUT2D eigenvalue weighted by Crippen LogP contribution is -2.03. The average molecular weight is 233 g/mol. The molecule has 0 aliphatic carbocycles. The van der Waals surface area contributed by atoms with Crippen molar-refractivity contribution >= 4 is 5.69 Å². The van der Waals surface area contributed by atoms with Crippen LogP contribution in [-0.4, -0.2) is 9.97 Å². The van der Waals surface area contributed by atoms with Gasteiger partial charge in [-0.05, 0) is 44.5 Å². The quantitative estimate of drug-likeness (QED) is 0.855. The van der Waals surface area contributed by atoms with Crippen LogP contribution in [0, 0.1) is 26.6 Å². The summed E-state index contributed by atoms with van der Waals surface area (Å²) in [5, 5.41) is 3.24. The molecule has 0 amide bonds. The van der Waals surface area contributed by atoms with Crippen molar-refractivity contribution in [3.05, 3.63) is 46.8 Å². The number of hydrogen-bond donors (Lipinski definition) is 2. The zero-order valence-electron chi connectivity index (χ0n) is 10.3. The number of benzene rings is 1. The lowest BCUT2D eigenvalue weighted by atomic mass is 10.2. The Morgan fingerprint density at radius 2 is 2.06 bits per heavy atom. The molecule has 0 saturated heterocycles. The summed E-state index contributed by atoms with van der Waals surface area (Å²) in [7, 11) is 0. The van der Waals surface area contributed by atoms with Crippen LogP contribution in [0.3, 0.4) is 0 Å². The summed E-state index contributed by atoms with van der Waals surface area (Å²) >= 11 is 0. The van der Waals surface area contributed by atoms with Gasteiger partial charge in [-0.15, -0.1) is 0 Å². The number of aryl methyl sites for hydroxylation is 3. The van der Waals surface area contributed by atoms with Gasteiger partial charge in [-0.25, -0.2) is 9.37 Å². The summed E-state index contributed by atoms with van der Waals surface area (Å²) in [4.78, 5) is 7.58. The van der Waals surface area contributed by atoms with Gasteiger partial charge < -0.3 is 10.3 Å². The number of anilines is 1. The van der Waals surface area contributed by atoms with E-state index in [1.54, 1.807) is 6.07 Å². The van der Waals surface area contributed by atoms with Crippen LogP contribution in [0.2, 0.25) is 0 Å². The average Bonchev–Trinajstić information content (AvgIpc) is 2.57. The molecule has 0 atom stereocenters. The van der Waals surface area contributed by atoms with E-state index >= 15 is 0 Å². The van der Waals surface area contributed by atoms with Crippen LogP contribution < -0.4 is 5.32 Å². The van der Waals surface area contributed by atoms with E-state index in [0.717, 1.165) is 28.5 Å². The van der Waals surface area contributed by atoms with E-state index in [4.69, 9.17) is 0 Å². The smallest absolute Gasteiger partial charge is 0.125 e. The summed E-state index contributed by atoms with van der Waals surface area (Å²) in [6.07, 6.45) is 0. The molecule has 1 aromatic heterocycles. The number of rotatable bonds is 3. The zero-order valence-corrected chi connectivity index (χ0v) is 10.3. The molecular formula is C13H16FN3. The predicted molar refractivity (Wildman–Crippen MR) is 66.5 cm³/mol. The van der Waals surface area contributed by atoms with Crippen LogP contribution in [-0.2, 0) is 6.54 Å². The second-order valence-electron chi connectivity index (χ2n) is 4.21. The molecule has 3 nitrogen and oxygen atoms in total. The number of halogens is 1. The minimum atomic E-state index is -0.210. The monoisotopic (exact) mass is 233 g/mol. The number of aromatic nitrogens is 2. The van der Waals surface area contributed by atoms with Crippen molar-refractivity contribution in [1.29, 1.82) is 0 Å². The molecule has 0 fully saturated rings. The van der Waals surface area contributed by atoms with Crippen LogP contribution in [0.4, 0.5) is 10.1 Å². The molecular weight excluding hydrogens is 217 g/mol. The first-order valence-corrected chi connectivity index (χ1v) is 5.58. The highest BCUT2D eigenvalue weighted by Gasteiger charge is 2.03. The van der Waals surface area contributed by atoms with E-state index in [0.29, 0.717) is 6.54 Å². The van der Waals surface area contributed by atoms with Crippen molar-refractivity contribution in [3.63, 3.8) is 0 Å². The number of hydrogen-bond acceptors (Lipinski definition) is 2. The number of nitrogens with zero attached hydrogens (tertiary/aromatic N) is 1. The molecule has 90 valence electrons. The number of imidazole rings is 1. The van der Waals surface area contributed by atoms with Gasteiger partial charge in [0.05, 0.1) is 12.2 Å². The Kier molecular flexibility index (Phi) is 3.13. The van der Waals surface area contributed by atoms with E-state index in [1.165, 1.54) is 12.1 Å². The largest absolute Gasteiger partial charge is 0.378 e. The van der Waals surface area contributed by atoms with E-state index in [2.05, 4.69) is 15.3 Å². The van der Waals surface area contributed by atoms with Gasteiger partial charge in [-0.2, -0.15) is 0 Å². The van der Waals surface area contributed by atoms with Gasteiger partial charge in [0.25, 0.3) is 0 Å². The van der Waals surface area contributed by atoms with E-state index < -0.39 is 0 Å². The van der Waals surface area contributed by atoms with Gasteiger partial charge in [-0.1, -0.05) is 0 Å². The third kappa shape index (κ3) is 2.64. The van der Waals surface area contributed by atoms with Crippen molar-refractivity contribution in [2.75, 3.05) is 5.32 Å². The highest BCUT2D eigenvalue weighted by molar-refractivity contribution is 5.50. The standard InChI is InChI=1S/C13H16FN3/c1-8-6-11(14)4-5-12(8)15-7-13-16-9(2)10(3)17-13/h4-6,15H,7H2,1-3H3,(H,16,17). The van der Waals surface area contributed by atoms with Gasteiger partial charge in [0.2, 0.25) is 0 Å². The van der Waals surface area contributed by atoms with Crippen LogP contribution in [0.5, 0.6) is 0 Å². The highest BCUT2D eigenvalue weighted by Crippen LogP contribution is 2.16. The molecule has 0 unspecified atom stereocenters. The molecule has 2 N–H and O–H groups in total. The van der Waals surface area contributed by atoms with Crippen molar-refractivity contribution in [3.8, 4) is 0 Å². The molecule has 2 aromatic rings. The molecule has 0 saturated carbocycles. The van der Waals surface area contributed by atoms with E-state index in [-0.39, 0.29) is 5.82 Å². The molecule has 0 aliphatic rings. The minimum absolute atomic E-state index is 0.210. The van der Waals surface area contributed by atoms with Crippen molar-refractivity contribution in [2.45, 2.75) is 27.3 Å². The second-order valence-corrected chi connectivity index (χ2v) is 4.21. The Morgan fingerprint density at radius 1 is 1.29 bits per heavy atom. The first-order chi connectivity index (χ1) is 8.06. The molecule has 1 heterocycles. The first kappa shape index (κ1) is 11.6. The third-order valence-electron chi connectivity index (χ3n) is 2.81. The lowest BCUT2D eigenvalue weighted by molar-refractivity contribution is 0.627. The first-order valence-electron chi connectivity index (χ1n) is 5.58. The number of H-pyrrole nitrogens is 1. The molecule has 0 radical (unpaired) electrons. The predicted octanol–water partition coefficient (Wildman–Crippen LogP) is 3.09. The Hall–Kier alpha value is -1.84. The van der Waals surface area contributed by atoms with Crippen LogP contribution in [0.25, 0.3) is 0 Å². The van der Waals surface area contributed by atoms with Crippen LogP contribution >= 0.6 is 0 Å². The van der Waals surface area contributed by atoms with Gasteiger partial charge in [0, 0.05) is 11.4 Å². The molecule has 0 bridgehead atoms. The summed E-state index contributed by atoms with van der Waals surface area (Å²) in [5.74, 6) is 0.682. The molecule has 4 heteroatoms. The fourth-order valence-electron chi connectivity index (χ4n) is 1.71.